The summed E-state index contributed by atoms with van der Waals surface area (Å²) >= 11 is 0. The topological polar surface area (TPSA) is 97.4 Å². The highest BCUT2D eigenvalue weighted by atomic mass is 16.6. The number of benzene rings is 2. The van der Waals surface area contributed by atoms with E-state index in [-0.39, 0.29) is 23.5 Å². The lowest BCUT2D eigenvalue weighted by Gasteiger charge is -2.35. The number of rotatable bonds is 6. The summed E-state index contributed by atoms with van der Waals surface area (Å²) < 4.78 is 5.72. The van der Waals surface area contributed by atoms with Crippen molar-refractivity contribution in [2.45, 2.75) is 6.92 Å². The van der Waals surface area contributed by atoms with Crippen LogP contribution in [0.1, 0.15) is 27.6 Å². The minimum absolute atomic E-state index is 0.101. The number of anilines is 1. The third kappa shape index (κ3) is 3.48. The van der Waals surface area contributed by atoms with Gasteiger partial charge in [0.2, 0.25) is 0 Å². The number of hydrogen-bond acceptors (Lipinski definition) is 6. The lowest BCUT2D eigenvalue weighted by atomic mass is 10.1. The third-order valence-corrected chi connectivity index (χ3v) is 5.53. The molecule has 0 unspecified atom stereocenters. The van der Waals surface area contributed by atoms with Gasteiger partial charge in [-0.25, -0.2) is 4.90 Å². The van der Waals surface area contributed by atoms with Crippen LogP contribution >= 0.6 is 0 Å². The number of hydrogen-bond donors (Lipinski definition) is 1. The monoisotopic (exact) mass is 411 g/mol. The zero-order valence-corrected chi connectivity index (χ0v) is 16.7. The van der Waals surface area contributed by atoms with Crippen LogP contribution in [0.3, 0.4) is 0 Å². The molecule has 1 fully saturated rings. The van der Waals surface area contributed by atoms with Crippen molar-refractivity contribution < 1.29 is 24.1 Å². The number of para-hydroxylation sites is 2. The number of nitrogens with one attached hydrogen (secondary N) is 1. The minimum atomic E-state index is -0.616. The summed E-state index contributed by atoms with van der Waals surface area (Å²) in [5.74, 6) is -0.203. The number of imide groups is 1. The molecule has 0 spiro atoms. The molecule has 9 nitrogen and oxygen atoms in total. The predicted molar refractivity (Wildman–Crippen MR) is 109 cm³/mol. The smallest absolute Gasteiger partial charge is 0.282 e. The summed E-state index contributed by atoms with van der Waals surface area (Å²) in [5.41, 5.74) is 0.726. The number of piperazine rings is 1. The van der Waals surface area contributed by atoms with Gasteiger partial charge in [0.15, 0.2) is 6.67 Å². The molecule has 0 aliphatic carbocycles. The Morgan fingerprint density at radius 2 is 1.80 bits per heavy atom. The molecule has 1 N–H and O–H groups in total. The maximum atomic E-state index is 12.8. The molecule has 1 saturated heterocycles. The Balaban J connectivity index is 1.44. The van der Waals surface area contributed by atoms with E-state index in [1.807, 2.05) is 31.2 Å². The fourth-order valence-corrected chi connectivity index (χ4v) is 4.05. The van der Waals surface area contributed by atoms with E-state index in [0.29, 0.717) is 6.61 Å². The molecule has 2 amide bonds. The largest absolute Gasteiger partial charge is 0.492 e. The summed E-state index contributed by atoms with van der Waals surface area (Å²) in [5, 5.41) is 11.3. The average Bonchev–Trinajstić information content (AvgIpc) is 3.00. The van der Waals surface area contributed by atoms with Crippen LogP contribution < -0.4 is 14.5 Å². The van der Waals surface area contributed by atoms with Gasteiger partial charge in [-0.2, -0.15) is 0 Å². The number of nitro benzene ring substituents is 1. The maximum absolute atomic E-state index is 12.8. The summed E-state index contributed by atoms with van der Waals surface area (Å²) in [4.78, 5) is 40.6. The van der Waals surface area contributed by atoms with Crippen molar-refractivity contribution in [2.75, 3.05) is 44.4 Å². The van der Waals surface area contributed by atoms with E-state index in [0.717, 1.165) is 47.4 Å². The molecule has 30 heavy (non-hydrogen) atoms. The van der Waals surface area contributed by atoms with E-state index in [1.165, 1.54) is 18.2 Å². The molecule has 2 aliphatic rings. The highest BCUT2D eigenvalue weighted by Gasteiger charge is 2.42. The lowest BCUT2D eigenvalue weighted by molar-refractivity contribution is -0.907. The van der Waals surface area contributed by atoms with Crippen LogP contribution in [0.25, 0.3) is 0 Å². The standard InChI is InChI=1S/C21H22N4O5/c1-2-30-18-9-4-3-7-16(18)23-12-10-22(11-13-23)14-24-20(26)15-6-5-8-17(25(28)29)19(15)21(24)27/h3-9H,2,10-14H2,1H3/p+1. The van der Waals surface area contributed by atoms with E-state index in [4.69, 9.17) is 4.74 Å². The maximum Gasteiger partial charge on any atom is 0.282 e. The van der Waals surface area contributed by atoms with Gasteiger partial charge in [0.1, 0.15) is 11.3 Å². The molecule has 0 bridgehead atoms. The van der Waals surface area contributed by atoms with Crippen molar-refractivity contribution in [2.24, 2.45) is 0 Å². The molecule has 9 heteroatoms. The van der Waals surface area contributed by atoms with E-state index in [1.54, 1.807) is 0 Å². The number of nitrogens with zero attached hydrogens (tertiary/aromatic N) is 3. The Morgan fingerprint density at radius 1 is 1.07 bits per heavy atom. The zero-order valence-electron chi connectivity index (χ0n) is 16.7. The first kappa shape index (κ1) is 19.8. The molecular formula is C21H23N4O5+. The van der Waals surface area contributed by atoms with Gasteiger partial charge in [-0.15, -0.1) is 0 Å². The molecule has 0 aromatic heterocycles. The van der Waals surface area contributed by atoms with Gasteiger partial charge in [-0.1, -0.05) is 18.2 Å². The van der Waals surface area contributed by atoms with Crippen LogP contribution in [0.15, 0.2) is 42.5 Å². The van der Waals surface area contributed by atoms with Gasteiger partial charge >= 0.3 is 0 Å². The van der Waals surface area contributed by atoms with Gasteiger partial charge in [0, 0.05) is 6.07 Å². The highest BCUT2D eigenvalue weighted by molar-refractivity contribution is 6.23. The molecule has 2 aromatic rings. The van der Waals surface area contributed by atoms with Gasteiger partial charge in [-0.3, -0.25) is 19.7 Å². The van der Waals surface area contributed by atoms with E-state index in [9.17, 15) is 19.7 Å². The minimum Gasteiger partial charge on any atom is -0.492 e. The average molecular weight is 411 g/mol. The Bertz CT molecular complexity index is 1000. The van der Waals surface area contributed by atoms with Crippen molar-refractivity contribution in [3.8, 4) is 5.75 Å². The van der Waals surface area contributed by atoms with E-state index >= 15 is 0 Å². The van der Waals surface area contributed by atoms with Crippen molar-refractivity contribution in [1.82, 2.24) is 4.90 Å². The second kappa shape index (κ2) is 8.11. The first-order chi connectivity index (χ1) is 14.5. The van der Waals surface area contributed by atoms with Crippen LogP contribution in [0, 0.1) is 10.1 Å². The molecule has 156 valence electrons. The van der Waals surface area contributed by atoms with Crippen molar-refractivity contribution in [3.63, 3.8) is 0 Å². The second-order valence-electron chi connectivity index (χ2n) is 7.29. The van der Waals surface area contributed by atoms with Gasteiger partial charge in [0.05, 0.1) is 49.0 Å². The molecule has 2 heterocycles. The highest BCUT2D eigenvalue weighted by Crippen LogP contribution is 2.30. The number of carbonyl (C=O) groups is 2. The molecule has 2 aliphatic heterocycles. The summed E-state index contributed by atoms with van der Waals surface area (Å²) in [6.45, 7) is 5.71. The fraction of sp³-hybridized carbons (Fsp3) is 0.333. The summed E-state index contributed by atoms with van der Waals surface area (Å²) in [6.07, 6.45) is 0. The fourth-order valence-electron chi connectivity index (χ4n) is 4.05. The first-order valence-corrected chi connectivity index (χ1v) is 9.95. The number of carbonyl (C=O) groups excluding carboxylic acids is 2. The Hall–Kier alpha value is -3.46. The first-order valence-electron chi connectivity index (χ1n) is 9.95. The Kier molecular flexibility index (Phi) is 5.37. The zero-order chi connectivity index (χ0) is 21.3. The van der Waals surface area contributed by atoms with Crippen molar-refractivity contribution >= 4 is 23.2 Å². The number of quaternary nitrogens is 1. The quantitative estimate of drug-likeness (QED) is 0.432. The van der Waals surface area contributed by atoms with Gasteiger partial charge in [0.25, 0.3) is 17.5 Å². The summed E-state index contributed by atoms with van der Waals surface area (Å²) in [6, 6.07) is 12.1. The molecule has 0 radical (unpaired) electrons. The second-order valence-corrected chi connectivity index (χ2v) is 7.29. The van der Waals surface area contributed by atoms with Crippen molar-refractivity contribution in [3.05, 3.63) is 63.7 Å². The summed E-state index contributed by atoms with van der Waals surface area (Å²) in [7, 11) is 0. The van der Waals surface area contributed by atoms with E-state index < -0.39 is 16.7 Å². The third-order valence-electron chi connectivity index (χ3n) is 5.53. The van der Waals surface area contributed by atoms with Crippen molar-refractivity contribution in [1.29, 1.82) is 0 Å². The molecule has 0 atom stereocenters. The Morgan fingerprint density at radius 3 is 2.50 bits per heavy atom. The van der Waals surface area contributed by atoms with Gasteiger partial charge < -0.3 is 14.5 Å². The van der Waals surface area contributed by atoms with Crippen LogP contribution in [0.5, 0.6) is 5.75 Å². The van der Waals surface area contributed by atoms with Gasteiger partial charge in [-0.05, 0) is 25.1 Å². The van der Waals surface area contributed by atoms with E-state index in [2.05, 4.69) is 4.90 Å². The van der Waals surface area contributed by atoms with Crippen LogP contribution in [0.4, 0.5) is 11.4 Å². The number of nitro groups is 1. The van der Waals surface area contributed by atoms with Crippen LogP contribution in [-0.2, 0) is 0 Å². The number of fused-ring (bicyclic) bond motifs is 1. The normalized spacial score (nSPS) is 16.7. The SMILES string of the molecule is CCOc1ccccc1N1CC[NH+](CN2C(=O)c3cccc([N+](=O)[O-])c3C2=O)CC1. The molecule has 2 aromatic carbocycles. The predicted octanol–water partition coefficient (Wildman–Crippen LogP) is 0.952. The van der Waals surface area contributed by atoms with Crippen LogP contribution in [-0.4, -0.2) is 61.1 Å². The number of ether oxygens (including phenoxy) is 1. The lowest BCUT2D eigenvalue weighted by Crippen LogP contribution is -3.16. The molecule has 4 rings (SSSR count). The van der Waals surface area contributed by atoms with Crippen LogP contribution in [0.2, 0.25) is 0 Å². The molecule has 0 saturated carbocycles. The Labute approximate surface area is 173 Å². The molecular weight excluding hydrogens is 388 g/mol. The number of amides is 2.